The molecule has 0 amide bonds. The molecule has 1 aromatic carbocycles. The number of benzene rings is 1. The van der Waals surface area contributed by atoms with Crippen molar-refractivity contribution in [2.75, 3.05) is 6.54 Å². The second kappa shape index (κ2) is 5.32. The summed E-state index contributed by atoms with van der Waals surface area (Å²) >= 11 is 3.43. The zero-order valence-electron chi connectivity index (χ0n) is 8.68. The van der Waals surface area contributed by atoms with Gasteiger partial charge in [0, 0.05) is 4.47 Å². The highest BCUT2D eigenvalue weighted by Gasteiger charge is 2.02. The van der Waals surface area contributed by atoms with Gasteiger partial charge in [0.15, 0.2) is 0 Å². The van der Waals surface area contributed by atoms with Crippen molar-refractivity contribution in [2.24, 2.45) is 5.73 Å². The Kier molecular flexibility index (Phi) is 4.36. The maximum Gasteiger partial charge on any atom is 0.0175 e. The molecule has 0 saturated heterocycles. The van der Waals surface area contributed by atoms with Crippen LogP contribution in [0.15, 0.2) is 34.3 Å². The van der Waals surface area contributed by atoms with Gasteiger partial charge in [0.2, 0.25) is 0 Å². The quantitative estimate of drug-likeness (QED) is 0.876. The molecule has 2 heteroatoms. The summed E-state index contributed by atoms with van der Waals surface area (Å²) in [7, 11) is 0. The first-order valence-electron chi connectivity index (χ1n) is 4.77. The number of halogens is 1. The lowest BCUT2D eigenvalue weighted by atomic mass is 9.99. The van der Waals surface area contributed by atoms with E-state index in [1.54, 1.807) is 0 Å². The Morgan fingerprint density at radius 3 is 2.21 bits per heavy atom. The van der Waals surface area contributed by atoms with Gasteiger partial charge in [-0.2, -0.15) is 0 Å². The molecular formula is C12H16BrN. The summed E-state index contributed by atoms with van der Waals surface area (Å²) in [6, 6.07) is 8.38. The minimum Gasteiger partial charge on any atom is -0.330 e. The van der Waals surface area contributed by atoms with Gasteiger partial charge in [0.25, 0.3) is 0 Å². The summed E-state index contributed by atoms with van der Waals surface area (Å²) in [6.07, 6.45) is 0.948. The maximum atomic E-state index is 5.59. The molecule has 0 unspecified atom stereocenters. The van der Waals surface area contributed by atoms with E-state index >= 15 is 0 Å². The highest BCUT2D eigenvalue weighted by Crippen LogP contribution is 2.23. The number of rotatable bonds is 3. The van der Waals surface area contributed by atoms with Crippen LogP contribution in [-0.2, 0) is 0 Å². The molecule has 0 aliphatic rings. The Morgan fingerprint density at radius 2 is 1.79 bits per heavy atom. The molecule has 0 aromatic heterocycles. The summed E-state index contributed by atoms with van der Waals surface area (Å²) in [5.41, 5.74) is 9.57. The molecule has 0 radical (unpaired) electrons. The van der Waals surface area contributed by atoms with E-state index in [2.05, 4.69) is 54.0 Å². The molecule has 0 spiro atoms. The molecule has 0 aliphatic carbocycles. The van der Waals surface area contributed by atoms with Crippen LogP contribution in [-0.4, -0.2) is 6.54 Å². The van der Waals surface area contributed by atoms with Crippen LogP contribution in [0.25, 0.3) is 5.57 Å². The number of nitrogens with two attached hydrogens (primary N) is 1. The van der Waals surface area contributed by atoms with E-state index in [4.69, 9.17) is 5.73 Å². The van der Waals surface area contributed by atoms with Gasteiger partial charge in [-0.1, -0.05) is 33.6 Å². The standard InChI is InChI=1S/C12H16BrN/c1-9(2)12(7-8-14)10-3-5-11(13)6-4-10/h3-6H,7-8,14H2,1-2H3. The van der Waals surface area contributed by atoms with E-state index in [0.717, 1.165) is 10.9 Å². The van der Waals surface area contributed by atoms with Gasteiger partial charge < -0.3 is 5.73 Å². The summed E-state index contributed by atoms with van der Waals surface area (Å²) in [4.78, 5) is 0. The normalized spacial score (nSPS) is 10.0. The Hall–Kier alpha value is -0.600. The van der Waals surface area contributed by atoms with Crippen LogP contribution in [0.1, 0.15) is 25.8 Å². The summed E-state index contributed by atoms with van der Waals surface area (Å²) in [6.45, 7) is 4.97. The van der Waals surface area contributed by atoms with Crippen molar-refractivity contribution in [1.29, 1.82) is 0 Å². The smallest absolute Gasteiger partial charge is 0.0175 e. The van der Waals surface area contributed by atoms with Crippen LogP contribution >= 0.6 is 15.9 Å². The fraction of sp³-hybridized carbons (Fsp3) is 0.333. The first-order chi connectivity index (χ1) is 6.65. The first kappa shape index (κ1) is 11.5. The van der Waals surface area contributed by atoms with Gasteiger partial charge in [0.1, 0.15) is 0 Å². The molecule has 1 rings (SSSR count). The molecule has 0 heterocycles. The molecule has 76 valence electrons. The average molecular weight is 254 g/mol. The van der Waals surface area contributed by atoms with Crippen LogP contribution in [0.4, 0.5) is 0 Å². The SMILES string of the molecule is CC(C)=C(CCN)c1ccc(Br)cc1. The Bertz CT molecular complexity index is 321. The lowest BCUT2D eigenvalue weighted by Gasteiger charge is -2.09. The van der Waals surface area contributed by atoms with Crippen LogP contribution in [0.3, 0.4) is 0 Å². The van der Waals surface area contributed by atoms with Crippen molar-refractivity contribution in [1.82, 2.24) is 0 Å². The van der Waals surface area contributed by atoms with Gasteiger partial charge in [0.05, 0.1) is 0 Å². The lowest BCUT2D eigenvalue weighted by molar-refractivity contribution is 1.01. The Balaban J connectivity index is 3.01. The monoisotopic (exact) mass is 253 g/mol. The summed E-state index contributed by atoms with van der Waals surface area (Å²) in [5, 5.41) is 0. The van der Waals surface area contributed by atoms with E-state index in [9.17, 15) is 0 Å². The van der Waals surface area contributed by atoms with Crippen molar-refractivity contribution in [3.05, 3.63) is 39.9 Å². The predicted molar refractivity (Wildman–Crippen MR) is 66.1 cm³/mol. The minimum absolute atomic E-state index is 0.705. The van der Waals surface area contributed by atoms with Gasteiger partial charge in [-0.25, -0.2) is 0 Å². The predicted octanol–water partition coefficient (Wildman–Crippen LogP) is 3.59. The third kappa shape index (κ3) is 2.96. The molecule has 1 aromatic rings. The largest absolute Gasteiger partial charge is 0.330 e. The van der Waals surface area contributed by atoms with Gasteiger partial charge in [-0.15, -0.1) is 0 Å². The Morgan fingerprint density at radius 1 is 1.21 bits per heavy atom. The molecule has 0 fully saturated rings. The van der Waals surface area contributed by atoms with Crippen molar-refractivity contribution >= 4 is 21.5 Å². The van der Waals surface area contributed by atoms with Crippen molar-refractivity contribution in [2.45, 2.75) is 20.3 Å². The molecule has 0 bridgehead atoms. The van der Waals surface area contributed by atoms with Crippen molar-refractivity contribution < 1.29 is 0 Å². The summed E-state index contributed by atoms with van der Waals surface area (Å²) < 4.78 is 1.11. The van der Waals surface area contributed by atoms with Crippen LogP contribution in [0.5, 0.6) is 0 Å². The lowest BCUT2D eigenvalue weighted by Crippen LogP contribution is -2.01. The molecule has 0 saturated carbocycles. The number of hydrogen-bond acceptors (Lipinski definition) is 1. The fourth-order valence-electron chi connectivity index (χ4n) is 1.48. The third-order valence-corrected chi connectivity index (χ3v) is 2.72. The van der Waals surface area contributed by atoms with E-state index in [0.29, 0.717) is 6.54 Å². The number of allylic oxidation sites excluding steroid dienone is 1. The van der Waals surface area contributed by atoms with Crippen LogP contribution < -0.4 is 5.73 Å². The van der Waals surface area contributed by atoms with Gasteiger partial charge in [-0.3, -0.25) is 0 Å². The van der Waals surface area contributed by atoms with E-state index < -0.39 is 0 Å². The molecule has 2 N–H and O–H groups in total. The molecular weight excluding hydrogens is 238 g/mol. The third-order valence-electron chi connectivity index (χ3n) is 2.19. The molecule has 14 heavy (non-hydrogen) atoms. The van der Waals surface area contributed by atoms with Gasteiger partial charge in [-0.05, 0) is 50.1 Å². The maximum absolute atomic E-state index is 5.59. The van der Waals surface area contributed by atoms with E-state index in [1.807, 2.05) is 0 Å². The van der Waals surface area contributed by atoms with Crippen molar-refractivity contribution in [3.63, 3.8) is 0 Å². The van der Waals surface area contributed by atoms with Crippen molar-refractivity contribution in [3.8, 4) is 0 Å². The van der Waals surface area contributed by atoms with Crippen LogP contribution in [0.2, 0.25) is 0 Å². The van der Waals surface area contributed by atoms with E-state index in [-0.39, 0.29) is 0 Å². The highest BCUT2D eigenvalue weighted by atomic mass is 79.9. The molecule has 0 aliphatic heterocycles. The Labute approximate surface area is 94.1 Å². The fourth-order valence-corrected chi connectivity index (χ4v) is 1.74. The second-order valence-corrected chi connectivity index (χ2v) is 4.44. The molecule has 0 atom stereocenters. The topological polar surface area (TPSA) is 26.0 Å². The zero-order chi connectivity index (χ0) is 10.6. The number of hydrogen-bond donors (Lipinski definition) is 1. The first-order valence-corrected chi connectivity index (χ1v) is 5.57. The van der Waals surface area contributed by atoms with Crippen LogP contribution in [0, 0.1) is 0 Å². The zero-order valence-corrected chi connectivity index (χ0v) is 10.3. The minimum atomic E-state index is 0.705. The highest BCUT2D eigenvalue weighted by molar-refractivity contribution is 9.10. The van der Waals surface area contributed by atoms with E-state index in [1.165, 1.54) is 16.7 Å². The molecule has 1 nitrogen and oxygen atoms in total. The average Bonchev–Trinajstić information content (AvgIpc) is 2.15. The second-order valence-electron chi connectivity index (χ2n) is 3.52. The van der Waals surface area contributed by atoms with Gasteiger partial charge >= 0.3 is 0 Å². The summed E-state index contributed by atoms with van der Waals surface area (Å²) in [5.74, 6) is 0.